The van der Waals surface area contributed by atoms with Crippen molar-refractivity contribution in [2.24, 2.45) is 0 Å². The summed E-state index contributed by atoms with van der Waals surface area (Å²) in [7, 11) is 0. The van der Waals surface area contributed by atoms with Crippen LogP contribution in [0.3, 0.4) is 0 Å². The second-order valence-corrected chi connectivity index (χ2v) is 4.91. The molecule has 1 aromatic carbocycles. The highest BCUT2D eigenvalue weighted by Gasteiger charge is 2.11. The average Bonchev–Trinajstić information content (AvgIpc) is 2.91. The van der Waals surface area contributed by atoms with Crippen LogP contribution in [0.5, 0.6) is 0 Å². The lowest BCUT2D eigenvalue weighted by molar-refractivity contribution is 0.747. The van der Waals surface area contributed by atoms with Crippen molar-refractivity contribution in [2.45, 2.75) is 26.7 Å². The predicted octanol–water partition coefficient (Wildman–Crippen LogP) is 1.82. The van der Waals surface area contributed by atoms with Crippen LogP contribution in [0.2, 0.25) is 0 Å². The molecule has 3 aromatic rings. The maximum atomic E-state index is 12.2. The van der Waals surface area contributed by atoms with E-state index in [4.69, 9.17) is 5.73 Å². The molecule has 0 aliphatic carbocycles. The second-order valence-electron chi connectivity index (χ2n) is 4.91. The van der Waals surface area contributed by atoms with Gasteiger partial charge >= 0.3 is 0 Å². The lowest BCUT2D eigenvalue weighted by Gasteiger charge is -2.06. The standard InChI is InChI=1S/C15H17N5O/c1-3-10-8-11(4-2)20(19-10)15-17-13-6-5-9(16)7-12(13)14(21)18-15/h5-8H,3-4,16H2,1-2H3,(H,17,18,21). The SMILES string of the molecule is CCc1cc(CC)n(-c2nc3ccc(N)cc3c(=O)[nH]2)n1. The van der Waals surface area contributed by atoms with Crippen molar-refractivity contribution in [3.63, 3.8) is 0 Å². The monoisotopic (exact) mass is 283 g/mol. The molecule has 2 aromatic heterocycles. The number of nitrogen functional groups attached to an aromatic ring is 1. The number of nitrogens with one attached hydrogen (secondary N) is 1. The lowest BCUT2D eigenvalue weighted by atomic mass is 10.2. The third-order valence-corrected chi connectivity index (χ3v) is 3.48. The number of H-pyrrole nitrogens is 1. The van der Waals surface area contributed by atoms with E-state index in [0.29, 0.717) is 22.5 Å². The van der Waals surface area contributed by atoms with Gasteiger partial charge in [0.2, 0.25) is 5.95 Å². The molecule has 0 saturated heterocycles. The molecule has 0 bridgehead atoms. The number of aromatic amines is 1. The zero-order valence-corrected chi connectivity index (χ0v) is 12.1. The van der Waals surface area contributed by atoms with Crippen LogP contribution in [0, 0.1) is 0 Å². The van der Waals surface area contributed by atoms with Crippen molar-refractivity contribution >= 4 is 16.6 Å². The number of aromatic nitrogens is 4. The molecule has 0 atom stereocenters. The van der Waals surface area contributed by atoms with E-state index in [1.807, 2.05) is 19.9 Å². The largest absolute Gasteiger partial charge is 0.399 e. The van der Waals surface area contributed by atoms with Gasteiger partial charge in [-0.15, -0.1) is 0 Å². The van der Waals surface area contributed by atoms with Gasteiger partial charge in [0, 0.05) is 11.4 Å². The van der Waals surface area contributed by atoms with E-state index in [9.17, 15) is 4.79 Å². The van der Waals surface area contributed by atoms with Crippen LogP contribution >= 0.6 is 0 Å². The first-order valence-corrected chi connectivity index (χ1v) is 7.00. The molecule has 2 heterocycles. The third-order valence-electron chi connectivity index (χ3n) is 3.48. The molecule has 0 aliphatic heterocycles. The molecule has 21 heavy (non-hydrogen) atoms. The number of nitrogens with two attached hydrogens (primary N) is 1. The van der Waals surface area contributed by atoms with Crippen molar-refractivity contribution in [1.29, 1.82) is 0 Å². The maximum absolute atomic E-state index is 12.2. The molecule has 0 fully saturated rings. The summed E-state index contributed by atoms with van der Waals surface area (Å²) in [5, 5.41) is 4.98. The fourth-order valence-corrected chi connectivity index (χ4v) is 2.33. The fraction of sp³-hybridized carbons (Fsp3) is 0.267. The lowest BCUT2D eigenvalue weighted by Crippen LogP contribution is -2.15. The zero-order valence-electron chi connectivity index (χ0n) is 12.1. The number of rotatable bonds is 3. The summed E-state index contributed by atoms with van der Waals surface area (Å²) in [5.74, 6) is 0.439. The van der Waals surface area contributed by atoms with Gasteiger partial charge in [0.15, 0.2) is 0 Å². The van der Waals surface area contributed by atoms with Crippen molar-refractivity contribution in [2.75, 3.05) is 5.73 Å². The van der Waals surface area contributed by atoms with E-state index >= 15 is 0 Å². The zero-order chi connectivity index (χ0) is 15.0. The molecule has 0 aliphatic rings. The Hall–Kier alpha value is -2.63. The van der Waals surface area contributed by atoms with Gasteiger partial charge in [-0.25, -0.2) is 9.67 Å². The molecular formula is C15H17N5O. The van der Waals surface area contributed by atoms with Gasteiger partial charge in [-0.3, -0.25) is 9.78 Å². The minimum absolute atomic E-state index is 0.210. The minimum Gasteiger partial charge on any atom is -0.399 e. The van der Waals surface area contributed by atoms with Crippen LogP contribution in [0.4, 0.5) is 5.69 Å². The first kappa shape index (κ1) is 13.4. The number of anilines is 1. The highest BCUT2D eigenvalue weighted by atomic mass is 16.1. The third kappa shape index (κ3) is 2.29. The number of hydrogen-bond donors (Lipinski definition) is 2. The van der Waals surface area contributed by atoms with Crippen molar-refractivity contribution in [1.82, 2.24) is 19.7 Å². The van der Waals surface area contributed by atoms with E-state index < -0.39 is 0 Å². The maximum Gasteiger partial charge on any atom is 0.260 e. The first-order chi connectivity index (χ1) is 10.1. The van der Waals surface area contributed by atoms with Gasteiger partial charge in [0.25, 0.3) is 5.56 Å². The highest BCUT2D eigenvalue weighted by Crippen LogP contribution is 2.15. The Morgan fingerprint density at radius 2 is 2.05 bits per heavy atom. The Labute approximate surface area is 121 Å². The minimum atomic E-state index is -0.210. The first-order valence-electron chi connectivity index (χ1n) is 7.00. The summed E-state index contributed by atoms with van der Waals surface area (Å²) in [6, 6.07) is 7.15. The Morgan fingerprint density at radius 1 is 1.24 bits per heavy atom. The summed E-state index contributed by atoms with van der Waals surface area (Å²) < 4.78 is 1.70. The summed E-state index contributed by atoms with van der Waals surface area (Å²) >= 11 is 0. The molecule has 6 heteroatoms. The predicted molar refractivity (Wildman–Crippen MR) is 82.7 cm³/mol. The normalized spacial score (nSPS) is 11.1. The van der Waals surface area contributed by atoms with Crippen LogP contribution < -0.4 is 11.3 Å². The van der Waals surface area contributed by atoms with Crippen LogP contribution in [0.1, 0.15) is 25.2 Å². The van der Waals surface area contributed by atoms with Crippen LogP contribution in [-0.2, 0) is 12.8 Å². The molecule has 108 valence electrons. The van der Waals surface area contributed by atoms with E-state index in [1.165, 1.54) is 0 Å². The molecule has 3 rings (SSSR count). The Kier molecular flexibility index (Phi) is 3.21. The average molecular weight is 283 g/mol. The summed E-state index contributed by atoms with van der Waals surface area (Å²) in [6.45, 7) is 4.10. The van der Waals surface area contributed by atoms with E-state index in [-0.39, 0.29) is 5.56 Å². The Balaban J connectivity index is 2.24. The van der Waals surface area contributed by atoms with E-state index in [1.54, 1.807) is 22.9 Å². The summed E-state index contributed by atoms with van der Waals surface area (Å²) in [6.07, 6.45) is 1.66. The molecule has 3 N–H and O–H groups in total. The number of benzene rings is 1. The molecular weight excluding hydrogens is 266 g/mol. The summed E-state index contributed by atoms with van der Waals surface area (Å²) in [4.78, 5) is 19.5. The van der Waals surface area contributed by atoms with E-state index in [2.05, 4.69) is 15.1 Å². The number of fused-ring (bicyclic) bond motifs is 1. The van der Waals surface area contributed by atoms with Gasteiger partial charge < -0.3 is 5.73 Å². The Bertz CT molecular complexity index is 862. The van der Waals surface area contributed by atoms with Crippen LogP contribution in [0.15, 0.2) is 29.1 Å². The molecule has 0 amide bonds. The quantitative estimate of drug-likeness (QED) is 0.717. The topological polar surface area (TPSA) is 89.6 Å². The molecule has 0 radical (unpaired) electrons. The van der Waals surface area contributed by atoms with Gasteiger partial charge in [0.1, 0.15) is 0 Å². The molecule has 0 unspecified atom stereocenters. The smallest absolute Gasteiger partial charge is 0.260 e. The van der Waals surface area contributed by atoms with Gasteiger partial charge in [0.05, 0.1) is 16.6 Å². The van der Waals surface area contributed by atoms with E-state index in [0.717, 1.165) is 24.2 Å². The second kappa shape index (κ2) is 5.05. The van der Waals surface area contributed by atoms with Crippen molar-refractivity contribution in [3.05, 3.63) is 46.0 Å². The summed E-state index contributed by atoms with van der Waals surface area (Å²) in [5.41, 5.74) is 8.65. The number of aryl methyl sites for hydroxylation is 2. The van der Waals surface area contributed by atoms with Crippen LogP contribution in [-0.4, -0.2) is 19.7 Å². The molecule has 0 saturated carbocycles. The van der Waals surface area contributed by atoms with Gasteiger partial charge in [-0.2, -0.15) is 5.10 Å². The molecule has 6 nitrogen and oxygen atoms in total. The molecule has 0 spiro atoms. The van der Waals surface area contributed by atoms with Crippen molar-refractivity contribution in [3.8, 4) is 5.95 Å². The van der Waals surface area contributed by atoms with Gasteiger partial charge in [-0.1, -0.05) is 13.8 Å². The number of nitrogens with zero attached hydrogens (tertiary/aromatic N) is 3. The fourth-order valence-electron chi connectivity index (χ4n) is 2.33. The number of hydrogen-bond acceptors (Lipinski definition) is 4. The van der Waals surface area contributed by atoms with Gasteiger partial charge in [-0.05, 0) is 37.1 Å². The Morgan fingerprint density at radius 3 is 2.76 bits per heavy atom. The highest BCUT2D eigenvalue weighted by molar-refractivity contribution is 5.81. The van der Waals surface area contributed by atoms with Crippen LogP contribution in [0.25, 0.3) is 16.9 Å². The van der Waals surface area contributed by atoms with Crippen molar-refractivity contribution < 1.29 is 0 Å².